The fourth-order valence-corrected chi connectivity index (χ4v) is 2.68. The van der Waals surface area contributed by atoms with Crippen LogP contribution in [-0.2, 0) is 6.42 Å². The lowest BCUT2D eigenvalue weighted by Gasteiger charge is -1.99. The van der Waals surface area contributed by atoms with Crippen molar-refractivity contribution in [3.05, 3.63) is 38.8 Å². The smallest absolute Gasteiger partial charge is 0.123 e. The van der Waals surface area contributed by atoms with Gasteiger partial charge in [-0.2, -0.15) is 0 Å². The normalized spacial score (nSPS) is 10.7. The second-order valence-electron chi connectivity index (χ2n) is 3.31. The molecule has 1 aromatic heterocycles. The Morgan fingerprint density at radius 1 is 1.44 bits per heavy atom. The van der Waals surface area contributed by atoms with Crippen molar-refractivity contribution < 1.29 is 0 Å². The molecule has 0 bridgehead atoms. The molecular weight excluding hydrogens is 308 g/mol. The third kappa shape index (κ3) is 2.63. The Morgan fingerprint density at radius 3 is 2.94 bits per heavy atom. The number of halogens is 2. The van der Waals surface area contributed by atoms with E-state index in [9.17, 15) is 0 Å². The van der Waals surface area contributed by atoms with Crippen LogP contribution in [0.3, 0.4) is 0 Å². The van der Waals surface area contributed by atoms with E-state index < -0.39 is 0 Å². The first kappa shape index (κ1) is 12.0. The highest BCUT2D eigenvalue weighted by Crippen LogP contribution is 2.30. The van der Waals surface area contributed by atoms with Crippen LogP contribution in [0.4, 0.5) is 0 Å². The van der Waals surface area contributed by atoms with Gasteiger partial charge in [0.05, 0.1) is 10.7 Å². The number of nitrogens with zero attached hydrogens (tertiary/aromatic N) is 1. The summed E-state index contributed by atoms with van der Waals surface area (Å²) in [6, 6.07) is 5.82. The standard InChI is InChI=1S/C11H10BrClN2S/c12-9-5-7(1-2-10(9)13)11-15-8(3-4-14)6-16-11/h1-2,5-6H,3-4,14H2. The summed E-state index contributed by atoms with van der Waals surface area (Å²) in [6.45, 7) is 0.632. The molecule has 0 aliphatic heterocycles. The van der Waals surface area contributed by atoms with Crippen LogP contribution in [0, 0.1) is 0 Å². The molecule has 0 radical (unpaired) electrons. The first-order valence-electron chi connectivity index (χ1n) is 4.80. The highest BCUT2D eigenvalue weighted by molar-refractivity contribution is 9.10. The number of benzene rings is 1. The summed E-state index contributed by atoms with van der Waals surface area (Å²) in [5.74, 6) is 0. The molecule has 0 amide bonds. The minimum absolute atomic E-state index is 0.632. The van der Waals surface area contributed by atoms with Gasteiger partial charge in [0, 0.05) is 21.8 Å². The Bertz CT molecular complexity index is 498. The van der Waals surface area contributed by atoms with Crippen molar-refractivity contribution in [2.75, 3.05) is 6.54 Å². The molecule has 0 aliphatic carbocycles. The maximum absolute atomic E-state index is 5.94. The molecule has 1 heterocycles. The van der Waals surface area contributed by atoms with Crippen LogP contribution < -0.4 is 5.73 Å². The summed E-state index contributed by atoms with van der Waals surface area (Å²) in [5.41, 5.74) is 7.62. The molecule has 2 aromatic rings. The number of hydrogen-bond donors (Lipinski definition) is 1. The number of thiazole rings is 1. The highest BCUT2D eigenvalue weighted by Gasteiger charge is 2.06. The van der Waals surface area contributed by atoms with Crippen molar-refractivity contribution in [3.63, 3.8) is 0 Å². The molecule has 0 spiro atoms. The predicted molar refractivity (Wildman–Crippen MR) is 73.0 cm³/mol. The van der Waals surface area contributed by atoms with Crippen LogP contribution in [0.15, 0.2) is 28.1 Å². The molecule has 0 fully saturated rings. The van der Waals surface area contributed by atoms with Crippen molar-refractivity contribution in [1.29, 1.82) is 0 Å². The molecule has 1 aromatic carbocycles. The molecule has 2 rings (SSSR count). The molecule has 2 nitrogen and oxygen atoms in total. The van der Waals surface area contributed by atoms with Gasteiger partial charge >= 0.3 is 0 Å². The molecule has 0 atom stereocenters. The lowest BCUT2D eigenvalue weighted by molar-refractivity contribution is 0.936. The number of aromatic nitrogens is 1. The largest absolute Gasteiger partial charge is 0.330 e. The van der Waals surface area contributed by atoms with Gasteiger partial charge in [0.1, 0.15) is 5.01 Å². The molecule has 84 valence electrons. The van der Waals surface area contributed by atoms with Gasteiger partial charge in [-0.1, -0.05) is 17.7 Å². The van der Waals surface area contributed by atoms with E-state index in [1.54, 1.807) is 11.3 Å². The summed E-state index contributed by atoms with van der Waals surface area (Å²) in [5, 5.41) is 3.76. The summed E-state index contributed by atoms with van der Waals surface area (Å²) in [6.07, 6.45) is 0.825. The second kappa shape index (κ2) is 5.27. The molecule has 16 heavy (non-hydrogen) atoms. The maximum atomic E-state index is 5.94. The minimum Gasteiger partial charge on any atom is -0.330 e. The zero-order chi connectivity index (χ0) is 11.5. The summed E-state index contributed by atoms with van der Waals surface area (Å²) in [7, 11) is 0. The van der Waals surface area contributed by atoms with E-state index in [-0.39, 0.29) is 0 Å². The van der Waals surface area contributed by atoms with Crippen molar-refractivity contribution in [3.8, 4) is 10.6 Å². The van der Waals surface area contributed by atoms with Crippen LogP contribution in [0.1, 0.15) is 5.69 Å². The van der Waals surface area contributed by atoms with Crippen LogP contribution >= 0.6 is 38.9 Å². The minimum atomic E-state index is 0.632. The lowest BCUT2D eigenvalue weighted by atomic mass is 10.2. The maximum Gasteiger partial charge on any atom is 0.123 e. The van der Waals surface area contributed by atoms with Gasteiger partial charge in [-0.05, 0) is 34.6 Å². The van der Waals surface area contributed by atoms with Crippen molar-refractivity contribution in [2.24, 2.45) is 5.73 Å². The van der Waals surface area contributed by atoms with E-state index in [4.69, 9.17) is 17.3 Å². The van der Waals surface area contributed by atoms with Gasteiger partial charge in [-0.3, -0.25) is 0 Å². The van der Waals surface area contributed by atoms with E-state index in [1.807, 2.05) is 23.6 Å². The molecule has 2 N–H and O–H groups in total. The molecule has 0 saturated carbocycles. The Hall–Kier alpha value is -0.420. The van der Waals surface area contributed by atoms with Crippen molar-refractivity contribution in [1.82, 2.24) is 4.98 Å². The average Bonchev–Trinajstić information content (AvgIpc) is 2.71. The zero-order valence-electron chi connectivity index (χ0n) is 8.41. The topological polar surface area (TPSA) is 38.9 Å². The van der Waals surface area contributed by atoms with Gasteiger partial charge in [0.2, 0.25) is 0 Å². The summed E-state index contributed by atoms with van der Waals surface area (Å²) in [4.78, 5) is 4.52. The van der Waals surface area contributed by atoms with Crippen molar-refractivity contribution in [2.45, 2.75) is 6.42 Å². The number of hydrogen-bond acceptors (Lipinski definition) is 3. The Labute approximate surface area is 112 Å². The number of rotatable bonds is 3. The third-order valence-electron chi connectivity index (χ3n) is 2.12. The van der Waals surface area contributed by atoms with Gasteiger partial charge in [0.25, 0.3) is 0 Å². The predicted octanol–water partition coefficient (Wildman–Crippen LogP) is 3.73. The van der Waals surface area contributed by atoms with E-state index in [0.29, 0.717) is 11.6 Å². The summed E-state index contributed by atoms with van der Waals surface area (Å²) < 4.78 is 0.891. The lowest BCUT2D eigenvalue weighted by Crippen LogP contribution is -2.02. The Morgan fingerprint density at radius 2 is 2.25 bits per heavy atom. The monoisotopic (exact) mass is 316 g/mol. The second-order valence-corrected chi connectivity index (χ2v) is 5.43. The van der Waals surface area contributed by atoms with Gasteiger partial charge < -0.3 is 5.73 Å². The fourth-order valence-electron chi connectivity index (χ4n) is 1.33. The van der Waals surface area contributed by atoms with Gasteiger partial charge in [0.15, 0.2) is 0 Å². The molecule has 0 unspecified atom stereocenters. The molecule has 5 heteroatoms. The molecule has 0 aliphatic rings. The quantitative estimate of drug-likeness (QED) is 0.937. The van der Waals surface area contributed by atoms with Crippen LogP contribution in [0.2, 0.25) is 5.02 Å². The van der Waals surface area contributed by atoms with Crippen molar-refractivity contribution >= 4 is 38.9 Å². The fraction of sp³-hybridized carbons (Fsp3) is 0.182. The van der Waals surface area contributed by atoms with Gasteiger partial charge in [-0.15, -0.1) is 11.3 Å². The summed E-state index contributed by atoms with van der Waals surface area (Å²) >= 11 is 11.0. The van der Waals surface area contributed by atoms with Crippen LogP contribution in [0.25, 0.3) is 10.6 Å². The SMILES string of the molecule is NCCc1csc(-c2ccc(Cl)c(Br)c2)n1. The first-order chi connectivity index (χ1) is 7.70. The van der Waals surface area contributed by atoms with E-state index >= 15 is 0 Å². The molecule has 0 saturated heterocycles. The highest BCUT2D eigenvalue weighted by atomic mass is 79.9. The average molecular weight is 318 g/mol. The first-order valence-corrected chi connectivity index (χ1v) is 6.85. The Kier molecular flexibility index (Phi) is 3.97. The van der Waals surface area contributed by atoms with Crippen LogP contribution in [-0.4, -0.2) is 11.5 Å². The van der Waals surface area contributed by atoms with E-state index in [0.717, 1.165) is 27.2 Å². The zero-order valence-corrected chi connectivity index (χ0v) is 11.6. The van der Waals surface area contributed by atoms with Crippen LogP contribution in [0.5, 0.6) is 0 Å². The molecular formula is C11H10BrClN2S. The van der Waals surface area contributed by atoms with E-state index in [1.165, 1.54) is 0 Å². The Balaban J connectivity index is 2.31. The van der Waals surface area contributed by atoms with Gasteiger partial charge in [-0.25, -0.2) is 4.98 Å². The van der Waals surface area contributed by atoms with E-state index in [2.05, 4.69) is 20.9 Å². The third-order valence-corrected chi connectivity index (χ3v) is 4.27. The number of nitrogens with two attached hydrogens (primary N) is 1.